The van der Waals surface area contributed by atoms with Crippen molar-refractivity contribution in [1.82, 2.24) is 15.1 Å². The Morgan fingerprint density at radius 1 is 1.12 bits per heavy atom. The molecule has 0 saturated carbocycles. The summed E-state index contributed by atoms with van der Waals surface area (Å²) in [5, 5.41) is 2.69. The first-order valence-corrected chi connectivity index (χ1v) is 9.09. The van der Waals surface area contributed by atoms with Crippen molar-refractivity contribution >= 4 is 5.91 Å². The van der Waals surface area contributed by atoms with Crippen LogP contribution in [0.25, 0.3) is 0 Å². The van der Waals surface area contributed by atoms with E-state index in [-0.39, 0.29) is 5.91 Å². The Hall–Kier alpha value is -1.59. The van der Waals surface area contributed by atoms with E-state index < -0.39 is 0 Å². The standard InChI is InChI=1S/C19H31N3O2/c1-20-19(23)17-22-14-12-21(13-15-22)11-7-4-8-16-24-18-9-5-2-3-6-10-18/h2-3,5,9-10H,4,6-8,11-17H2,1H3,(H,20,23). The van der Waals surface area contributed by atoms with Crippen LogP contribution in [0.15, 0.2) is 36.1 Å². The van der Waals surface area contributed by atoms with Crippen molar-refractivity contribution in [2.45, 2.75) is 25.7 Å². The lowest BCUT2D eigenvalue weighted by molar-refractivity contribution is -0.122. The van der Waals surface area contributed by atoms with Gasteiger partial charge in [0.1, 0.15) is 5.76 Å². The van der Waals surface area contributed by atoms with Crippen LogP contribution >= 0.6 is 0 Å². The minimum Gasteiger partial charge on any atom is -0.494 e. The van der Waals surface area contributed by atoms with Gasteiger partial charge in [0.2, 0.25) is 5.91 Å². The van der Waals surface area contributed by atoms with E-state index in [1.807, 2.05) is 12.2 Å². The van der Waals surface area contributed by atoms with E-state index >= 15 is 0 Å². The van der Waals surface area contributed by atoms with Gasteiger partial charge in [0, 0.05) is 33.2 Å². The van der Waals surface area contributed by atoms with Crippen LogP contribution in [0.4, 0.5) is 0 Å². The molecule has 1 fully saturated rings. The van der Waals surface area contributed by atoms with Crippen LogP contribution in [0.2, 0.25) is 0 Å². The summed E-state index contributed by atoms with van der Waals surface area (Å²) in [6.07, 6.45) is 14.8. The predicted molar refractivity (Wildman–Crippen MR) is 97.7 cm³/mol. The lowest BCUT2D eigenvalue weighted by Crippen LogP contribution is -2.49. The van der Waals surface area contributed by atoms with Crippen LogP contribution in [-0.2, 0) is 9.53 Å². The van der Waals surface area contributed by atoms with Crippen molar-refractivity contribution in [3.63, 3.8) is 0 Å². The Labute approximate surface area is 146 Å². The number of piperazine rings is 1. The lowest BCUT2D eigenvalue weighted by atomic mass is 10.2. The highest BCUT2D eigenvalue weighted by molar-refractivity contribution is 5.77. The average Bonchev–Trinajstić information content (AvgIpc) is 2.88. The molecule has 134 valence electrons. The Bertz CT molecular complexity index is 463. The molecule has 0 unspecified atom stereocenters. The van der Waals surface area contributed by atoms with Crippen LogP contribution in [0, 0.1) is 0 Å². The summed E-state index contributed by atoms with van der Waals surface area (Å²) in [4.78, 5) is 16.1. The van der Waals surface area contributed by atoms with Gasteiger partial charge >= 0.3 is 0 Å². The number of likely N-dealkylation sites (N-methyl/N-ethyl adjacent to an activating group) is 1. The van der Waals surface area contributed by atoms with Gasteiger partial charge < -0.3 is 15.0 Å². The van der Waals surface area contributed by atoms with Crippen molar-refractivity contribution in [2.24, 2.45) is 0 Å². The van der Waals surface area contributed by atoms with E-state index in [0.717, 1.165) is 57.9 Å². The lowest BCUT2D eigenvalue weighted by Gasteiger charge is -2.34. The minimum atomic E-state index is 0.109. The summed E-state index contributed by atoms with van der Waals surface area (Å²) in [7, 11) is 1.70. The van der Waals surface area contributed by atoms with Gasteiger partial charge in [-0.2, -0.15) is 0 Å². The molecule has 0 aromatic carbocycles. The maximum Gasteiger partial charge on any atom is 0.233 e. The largest absolute Gasteiger partial charge is 0.494 e. The average molecular weight is 333 g/mol. The summed E-state index contributed by atoms with van der Waals surface area (Å²) >= 11 is 0. The van der Waals surface area contributed by atoms with Crippen LogP contribution in [0.3, 0.4) is 0 Å². The van der Waals surface area contributed by atoms with Gasteiger partial charge in [0.15, 0.2) is 0 Å². The number of allylic oxidation sites excluding steroid dienone is 5. The molecule has 1 aliphatic heterocycles. The van der Waals surface area contributed by atoms with E-state index in [4.69, 9.17) is 4.74 Å². The molecule has 2 aliphatic rings. The zero-order valence-electron chi connectivity index (χ0n) is 14.9. The van der Waals surface area contributed by atoms with E-state index in [1.54, 1.807) is 7.05 Å². The third kappa shape index (κ3) is 7.32. The van der Waals surface area contributed by atoms with Crippen LogP contribution in [-0.4, -0.2) is 68.6 Å². The Kier molecular flexibility index (Phi) is 8.63. The first kappa shape index (κ1) is 18.7. The van der Waals surface area contributed by atoms with Crippen molar-refractivity contribution in [3.05, 3.63) is 36.1 Å². The first-order chi connectivity index (χ1) is 11.8. The quantitative estimate of drug-likeness (QED) is 0.655. The second kappa shape index (κ2) is 11.0. The maximum atomic E-state index is 11.4. The zero-order chi connectivity index (χ0) is 17.0. The molecule has 1 amide bonds. The number of ether oxygens (including phenoxy) is 1. The number of carbonyl (C=O) groups is 1. The van der Waals surface area contributed by atoms with E-state index in [2.05, 4.69) is 33.3 Å². The summed E-state index contributed by atoms with van der Waals surface area (Å²) < 4.78 is 5.79. The van der Waals surface area contributed by atoms with E-state index in [0.29, 0.717) is 6.54 Å². The molecule has 0 atom stereocenters. The highest BCUT2D eigenvalue weighted by Gasteiger charge is 2.17. The number of unbranched alkanes of at least 4 members (excludes halogenated alkanes) is 2. The molecule has 1 heterocycles. The van der Waals surface area contributed by atoms with Crippen molar-refractivity contribution in [2.75, 3.05) is 52.9 Å². The van der Waals surface area contributed by atoms with Crippen LogP contribution < -0.4 is 5.32 Å². The second-order valence-corrected chi connectivity index (χ2v) is 6.33. The first-order valence-electron chi connectivity index (χ1n) is 9.09. The zero-order valence-corrected chi connectivity index (χ0v) is 14.9. The molecule has 5 heteroatoms. The van der Waals surface area contributed by atoms with Gasteiger partial charge in [-0.05, 0) is 44.4 Å². The van der Waals surface area contributed by atoms with Gasteiger partial charge in [-0.1, -0.05) is 18.2 Å². The number of amides is 1. The fraction of sp³-hybridized carbons (Fsp3) is 0.632. The maximum absolute atomic E-state index is 11.4. The molecule has 5 nitrogen and oxygen atoms in total. The molecular weight excluding hydrogens is 302 g/mol. The Morgan fingerprint density at radius 2 is 1.92 bits per heavy atom. The number of nitrogens with zero attached hydrogens (tertiary/aromatic N) is 2. The third-order valence-corrected chi connectivity index (χ3v) is 4.46. The minimum absolute atomic E-state index is 0.109. The monoisotopic (exact) mass is 333 g/mol. The molecule has 0 bridgehead atoms. The number of carbonyl (C=O) groups excluding carboxylic acids is 1. The SMILES string of the molecule is CNC(=O)CN1CCN(CCCCCOC2=CCC=CC=C2)CC1. The van der Waals surface area contributed by atoms with Gasteiger partial charge in [0.25, 0.3) is 0 Å². The molecule has 1 aliphatic carbocycles. The molecule has 0 radical (unpaired) electrons. The van der Waals surface area contributed by atoms with Crippen LogP contribution in [0.5, 0.6) is 0 Å². The number of nitrogens with one attached hydrogen (secondary N) is 1. The third-order valence-electron chi connectivity index (χ3n) is 4.46. The highest BCUT2D eigenvalue weighted by atomic mass is 16.5. The summed E-state index contributed by atoms with van der Waals surface area (Å²) in [5.41, 5.74) is 0. The van der Waals surface area contributed by atoms with Gasteiger partial charge in [0.05, 0.1) is 13.2 Å². The summed E-state index contributed by atoms with van der Waals surface area (Å²) in [6, 6.07) is 0. The van der Waals surface area contributed by atoms with Gasteiger partial charge in [-0.3, -0.25) is 9.69 Å². The molecule has 0 aromatic rings. The van der Waals surface area contributed by atoms with E-state index in [9.17, 15) is 4.79 Å². The normalized spacial score (nSPS) is 19.0. The topological polar surface area (TPSA) is 44.8 Å². The molecule has 24 heavy (non-hydrogen) atoms. The molecule has 0 spiro atoms. The Balaban J connectivity index is 1.47. The molecular formula is C19H31N3O2. The van der Waals surface area contributed by atoms with Crippen molar-refractivity contribution in [3.8, 4) is 0 Å². The number of rotatable bonds is 9. The summed E-state index contributed by atoms with van der Waals surface area (Å²) in [6.45, 7) is 6.60. The number of hydrogen-bond donors (Lipinski definition) is 1. The van der Waals surface area contributed by atoms with Gasteiger partial charge in [-0.25, -0.2) is 0 Å². The second-order valence-electron chi connectivity index (χ2n) is 6.33. The van der Waals surface area contributed by atoms with Crippen LogP contribution in [0.1, 0.15) is 25.7 Å². The van der Waals surface area contributed by atoms with Crippen molar-refractivity contribution in [1.29, 1.82) is 0 Å². The van der Waals surface area contributed by atoms with Gasteiger partial charge in [-0.15, -0.1) is 0 Å². The molecule has 1 saturated heterocycles. The summed E-state index contributed by atoms with van der Waals surface area (Å²) in [5.74, 6) is 1.10. The van der Waals surface area contributed by atoms with E-state index in [1.165, 1.54) is 12.8 Å². The highest BCUT2D eigenvalue weighted by Crippen LogP contribution is 2.09. The number of hydrogen-bond acceptors (Lipinski definition) is 4. The fourth-order valence-electron chi connectivity index (χ4n) is 2.92. The fourth-order valence-corrected chi connectivity index (χ4v) is 2.92. The predicted octanol–water partition coefficient (Wildman–Crippen LogP) is 1.94. The molecule has 1 N–H and O–H groups in total. The Morgan fingerprint density at radius 3 is 2.71 bits per heavy atom. The molecule has 2 rings (SSSR count). The smallest absolute Gasteiger partial charge is 0.233 e. The van der Waals surface area contributed by atoms with Crippen molar-refractivity contribution < 1.29 is 9.53 Å². The molecule has 0 aromatic heterocycles.